The predicted octanol–water partition coefficient (Wildman–Crippen LogP) is 0.858. The lowest BCUT2D eigenvalue weighted by Gasteiger charge is -2.04. The molecular weight excluding hydrogens is 196 g/mol. The molecule has 0 saturated heterocycles. The van der Waals surface area contributed by atoms with Gasteiger partial charge in [-0.3, -0.25) is 9.78 Å². The summed E-state index contributed by atoms with van der Waals surface area (Å²) >= 11 is 0. The molecule has 0 saturated carbocycles. The van der Waals surface area contributed by atoms with E-state index in [0.29, 0.717) is 12.4 Å². The Kier molecular flexibility index (Phi) is 2.66. The molecule has 1 aliphatic rings. The quantitative estimate of drug-likeness (QED) is 0.743. The molecule has 0 spiro atoms. The molecule has 1 aliphatic heterocycles. The number of hydrogen-bond acceptors (Lipinski definition) is 4. The smallest absolute Gasteiger partial charge is 0.298 e. The number of nitrogens with one attached hydrogen (secondary N) is 1. The van der Waals surface area contributed by atoms with Crippen LogP contribution >= 0.6 is 0 Å². The molecule has 2 rings (SSSR count). The summed E-state index contributed by atoms with van der Waals surface area (Å²) in [6.07, 6.45) is 3.26. The molecule has 6 heteroatoms. The number of ether oxygens (including phenoxy) is 1. The van der Waals surface area contributed by atoms with Gasteiger partial charge in [0.25, 0.3) is 11.6 Å². The molecule has 0 amide bonds. The van der Waals surface area contributed by atoms with Crippen molar-refractivity contribution in [3.05, 3.63) is 10.4 Å². The van der Waals surface area contributed by atoms with Gasteiger partial charge in [0, 0.05) is 0 Å². The highest BCUT2D eigenvalue weighted by atomic mass is 16.5. The molecular formula is C9H11N4O2. The Bertz CT molecular complexity index is 438. The molecule has 15 heavy (non-hydrogen) atoms. The third-order valence-electron chi connectivity index (χ3n) is 1.96. The second-order valence-corrected chi connectivity index (χ2v) is 3.12. The lowest BCUT2D eigenvalue weighted by Crippen LogP contribution is -2.11. The van der Waals surface area contributed by atoms with Crippen LogP contribution in [0.3, 0.4) is 0 Å². The number of hydrogen-bond donors (Lipinski definition) is 1. The van der Waals surface area contributed by atoms with Crippen LogP contribution in [0.2, 0.25) is 0 Å². The van der Waals surface area contributed by atoms with Gasteiger partial charge < -0.3 is 4.74 Å². The first kappa shape index (κ1) is 9.70. The number of aromatic amines is 1. The van der Waals surface area contributed by atoms with E-state index in [1.165, 1.54) is 6.34 Å². The first-order valence-corrected chi connectivity index (χ1v) is 4.81. The maximum atomic E-state index is 11.4. The Labute approximate surface area is 86.4 Å². The van der Waals surface area contributed by atoms with Gasteiger partial charge in [0.1, 0.15) is 6.34 Å². The van der Waals surface area contributed by atoms with Crippen LogP contribution < -0.4 is 15.6 Å². The molecule has 6 nitrogen and oxygen atoms in total. The van der Waals surface area contributed by atoms with Gasteiger partial charge in [0.05, 0.1) is 6.61 Å². The number of aromatic nitrogens is 2. The average molecular weight is 207 g/mol. The fourth-order valence-corrected chi connectivity index (χ4v) is 1.16. The van der Waals surface area contributed by atoms with Crippen LogP contribution in [-0.4, -0.2) is 22.9 Å². The normalized spacial score (nSPS) is 12.3. The minimum atomic E-state index is -0.316. The van der Waals surface area contributed by atoms with Gasteiger partial charge >= 0.3 is 0 Å². The second-order valence-electron chi connectivity index (χ2n) is 3.12. The van der Waals surface area contributed by atoms with Gasteiger partial charge in [0.2, 0.25) is 0 Å². The van der Waals surface area contributed by atoms with E-state index in [9.17, 15) is 4.79 Å². The minimum Gasteiger partial charge on any atom is -0.465 e. The molecule has 1 aromatic heterocycles. The Morgan fingerprint density at radius 2 is 2.40 bits per heavy atom. The Morgan fingerprint density at radius 1 is 1.53 bits per heavy atom. The summed E-state index contributed by atoms with van der Waals surface area (Å²) in [6, 6.07) is 0.210. The number of rotatable bonds is 4. The van der Waals surface area contributed by atoms with Crippen molar-refractivity contribution in [2.75, 3.05) is 6.61 Å². The maximum absolute atomic E-state index is 11.4. The molecule has 1 radical (unpaired) electrons. The van der Waals surface area contributed by atoms with Crippen molar-refractivity contribution in [3.8, 4) is 6.01 Å². The van der Waals surface area contributed by atoms with E-state index in [1.807, 2.05) is 0 Å². The van der Waals surface area contributed by atoms with Gasteiger partial charge in [-0.25, -0.2) is 10.3 Å². The Hall–Kier alpha value is -1.85. The van der Waals surface area contributed by atoms with E-state index in [-0.39, 0.29) is 17.3 Å². The highest BCUT2D eigenvalue weighted by Crippen LogP contribution is 2.22. The fourth-order valence-electron chi connectivity index (χ4n) is 1.16. The first-order chi connectivity index (χ1) is 7.31. The third kappa shape index (κ3) is 1.98. The second kappa shape index (κ2) is 4.12. The predicted molar refractivity (Wildman–Crippen MR) is 55.2 cm³/mol. The van der Waals surface area contributed by atoms with E-state index < -0.39 is 0 Å². The first-order valence-electron chi connectivity index (χ1n) is 4.81. The van der Waals surface area contributed by atoms with Crippen molar-refractivity contribution >= 4 is 17.8 Å². The van der Waals surface area contributed by atoms with E-state index in [1.54, 1.807) is 0 Å². The van der Waals surface area contributed by atoms with Crippen molar-refractivity contribution in [3.63, 3.8) is 0 Å². The summed E-state index contributed by atoms with van der Waals surface area (Å²) in [5.41, 5.74) is -0.0677. The van der Waals surface area contributed by atoms with E-state index >= 15 is 0 Å². The van der Waals surface area contributed by atoms with Crippen LogP contribution in [0.5, 0.6) is 6.01 Å². The number of unbranched alkanes of at least 4 members (excludes halogenated alkanes) is 1. The van der Waals surface area contributed by atoms with Gasteiger partial charge in [-0.2, -0.15) is 4.98 Å². The van der Waals surface area contributed by atoms with Crippen LogP contribution in [0.25, 0.3) is 0 Å². The lowest BCUT2D eigenvalue weighted by molar-refractivity contribution is 0.285. The monoisotopic (exact) mass is 207 g/mol. The summed E-state index contributed by atoms with van der Waals surface area (Å²) in [5, 5.41) is 3.85. The minimum absolute atomic E-state index is 0.210. The summed E-state index contributed by atoms with van der Waals surface area (Å²) in [7, 11) is 0. The molecule has 0 fully saturated rings. The van der Waals surface area contributed by atoms with E-state index in [4.69, 9.17) is 4.74 Å². The summed E-state index contributed by atoms with van der Waals surface area (Å²) in [6.45, 7) is 2.60. The number of fused-ring (bicyclic) bond motifs is 1. The highest BCUT2D eigenvalue weighted by molar-refractivity contribution is 5.78. The molecule has 0 aliphatic carbocycles. The largest absolute Gasteiger partial charge is 0.465 e. The molecule has 1 N–H and O–H groups in total. The zero-order valence-electron chi connectivity index (χ0n) is 8.36. The van der Waals surface area contributed by atoms with Gasteiger partial charge in [0.15, 0.2) is 11.5 Å². The topological polar surface area (TPSA) is 81.4 Å². The summed E-state index contributed by atoms with van der Waals surface area (Å²) in [5.74, 6) is 0.324. The van der Waals surface area contributed by atoms with Crippen molar-refractivity contribution in [1.29, 1.82) is 0 Å². The van der Waals surface area contributed by atoms with Crippen molar-refractivity contribution in [2.45, 2.75) is 19.8 Å². The SMILES string of the molecule is CCCCOc1nc2c(c(=O)[nH]1)N=C[N]2. The van der Waals surface area contributed by atoms with Gasteiger partial charge in [-0.1, -0.05) is 13.3 Å². The van der Waals surface area contributed by atoms with Crippen LogP contribution in [0, 0.1) is 0 Å². The lowest BCUT2D eigenvalue weighted by atomic mass is 10.4. The fraction of sp³-hybridized carbons (Fsp3) is 0.444. The molecule has 0 unspecified atom stereocenters. The molecule has 0 aromatic carbocycles. The number of H-pyrrole nitrogens is 1. The number of nitrogens with zero attached hydrogens (tertiary/aromatic N) is 3. The van der Waals surface area contributed by atoms with Crippen molar-refractivity contribution in [1.82, 2.24) is 15.3 Å². The maximum Gasteiger partial charge on any atom is 0.298 e. The molecule has 0 bridgehead atoms. The Morgan fingerprint density at radius 3 is 3.20 bits per heavy atom. The summed E-state index contributed by atoms with van der Waals surface area (Å²) < 4.78 is 5.27. The molecule has 79 valence electrons. The molecule has 1 aromatic rings. The van der Waals surface area contributed by atoms with Crippen LogP contribution in [0.4, 0.5) is 11.5 Å². The zero-order chi connectivity index (χ0) is 10.7. The molecule has 0 atom stereocenters. The number of aliphatic imine (C=N–C) groups is 1. The third-order valence-corrected chi connectivity index (χ3v) is 1.96. The van der Waals surface area contributed by atoms with E-state index in [0.717, 1.165) is 12.8 Å². The highest BCUT2D eigenvalue weighted by Gasteiger charge is 2.15. The van der Waals surface area contributed by atoms with E-state index in [2.05, 4.69) is 27.2 Å². The average Bonchev–Trinajstić information content (AvgIpc) is 2.66. The Balaban J connectivity index is 2.15. The van der Waals surface area contributed by atoms with Crippen LogP contribution in [0.1, 0.15) is 19.8 Å². The zero-order valence-corrected chi connectivity index (χ0v) is 8.36. The van der Waals surface area contributed by atoms with Gasteiger partial charge in [-0.05, 0) is 6.42 Å². The van der Waals surface area contributed by atoms with Crippen LogP contribution in [0.15, 0.2) is 9.79 Å². The molecule has 2 heterocycles. The van der Waals surface area contributed by atoms with Crippen LogP contribution in [-0.2, 0) is 0 Å². The standard InChI is InChI=1S/C9H11N4O2/c1-2-3-4-15-9-12-7-6(8(14)13-9)10-5-11-7/h5H,2-4H2,1H3,(H,12,13,14). The van der Waals surface area contributed by atoms with Gasteiger partial charge in [-0.15, -0.1) is 0 Å². The van der Waals surface area contributed by atoms with Crippen molar-refractivity contribution < 1.29 is 4.74 Å². The summed E-state index contributed by atoms with van der Waals surface area (Å²) in [4.78, 5) is 21.7. The van der Waals surface area contributed by atoms with Crippen molar-refractivity contribution in [2.24, 2.45) is 4.99 Å².